The molecule has 1 atom stereocenters. The Morgan fingerprint density at radius 3 is 2.67 bits per heavy atom. The lowest BCUT2D eigenvalue weighted by atomic mass is 10.0. The number of urea groups is 1. The first-order valence-corrected chi connectivity index (χ1v) is 10.3. The first kappa shape index (κ1) is 20.2. The lowest BCUT2D eigenvalue weighted by Crippen LogP contribution is -2.42. The number of hydrogen-bond donors (Lipinski definition) is 2. The summed E-state index contributed by atoms with van der Waals surface area (Å²) in [5.74, 6) is 1.41. The van der Waals surface area contributed by atoms with Crippen LogP contribution in [0, 0.1) is 5.92 Å². The van der Waals surface area contributed by atoms with E-state index in [2.05, 4.69) is 15.7 Å². The van der Waals surface area contributed by atoms with Crippen molar-refractivity contribution in [2.24, 2.45) is 5.92 Å². The topological polar surface area (TPSA) is 97.7 Å². The Morgan fingerprint density at radius 1 is 1.13 bits per heavy atom. The van der Waals surface area contributed by atoms with Gasteiger partial charge in [0, 0.05) is 25.8 Å². The van der Waals surface area contributed by atoms with Gasteiger partial charge in [0.1, 0.15) is 11.6 Å². The van der Waals surface area contributed by atoms with Gasteiger partial charge in [-0.3, -0.25) is 10.1 Å². The van der Waals surface area contributed by atoms with Gasteiger partial charge in [0.2, 0.25) is 5.91 Å². The zero-order valence-electron chi connectivity index (χ0n) is 17.0. The Balaban J connectivity index is 1.34. The van der Waals surface area contributed by atoms with Crippen molar-refractivity contribution in [2.45, 2.75) is 25.3 Å². The zero-order chi connectivity index (χ0) is 20.9. The number of carbonyl (C=O) groups is 2. The summed E-state index contributed by atoms with van der Waals surface area (Å²) < 4.78 is 12.4. The molecule has 3 heterocycles. The summed E-state index contributed by atoms with van der Waals surface area (Å²) in [4.78, 5) is 27.0. The first-order chi connectivity index (χ1) is 14.7. The Hall–Kier alpha value is -3.07. The highest BCUT2D eigenvalue weighted by Crippen LogP contribution is 2.28. The van der Waals surface area contributed by atoms with Crippen LogP contribution in [0.4, 0.5) is 16.3 Å². The molecule has 0 bridgehead atoms. The van der Waals surface area contributed by atoms with Crippen molar-refractivity contribution in [3.8, 4) is 5.75 Å². The number of nitrogens with zero attached hydrogens (tertiary/aromatic N) is 3. The van der Waals surface area contributed by atoms with Crippen LogP contribution in [-0.4, -0.2) is 60.0 Å². The largest absolute Gasteiger partial charge is 0.495 e. The molecule has 9 heteroatoms. The third-order valence-electron chi connectivity index (χ3n) is 5.67. The van der Waals surface area contributed by atoms with Crippen molar-refractivity contribution in [1.29, 1.82) is 0 Å². The van der Waals surface area contributed by atoms with Crippen LogP contribution in [0.2, 0.25) is 0 Å². The van der Waals surface area contributed by atoms with Crippen molar-refractivity contribution in [3.05, 3.63) is 36.5 Å². The van der Waals surface area contributed by atoms with E-state index in [9.17, 15) is 9.59 Å². The molecule has 2 saturated heterocycles. The predicted octanol–water partition coefficient (Wildman–Crippen LogP) is 2.74. The molecule has 0 aliphatic carbocycles. The van der Waals surface area contributed by atoms with Crippen LogP contribution in [0.15, 0.2) is 36.5 Å². The normalized spacial score (nSPS) is 19.5. The fourth-order valence-electron chi connectivity index (χ4n) is 4.04. The van der Waals surface area contributed by atoms with Gasteiger partial charge in [-0.25, -0.2) is 9.48 Å². The van der Waals surface area contributed by atoms with Crippen molar-refractivity contribution in [3.63, 3.8) is 0 Å². The number of rotatable bonds is 5. The SMILES string of the molecule is COc1ccccc1NC(=O)Nc1ccnn1C1CCN(C(=O)[C@@H]2CCOC2)CC1. The second kappa shape index (κ2) is 9.17. The number of hydrogen-bond acceptors (Lipinski definition) is 5. The number of carbonyl (C=O) groups excluding carboxylic acids is 2. The predicted molar refractivity (Wildman–Crippen MR) is 112 cm³/mol. The molecule has 0 unspecified atom stereocenters. The summed E-state index contributed by atoms with van der Waals surface area (Å²) in [5.41, 5.74) is 0.589. The number of anilines is 2. The van der Waals surface area contributed by atoms with Crippen molar-refractivity contribution >= 4 is 23.4 Å². The maximum absolute atomic E-state index is 12.6. The summed E-state index contributed by atoms with van der Waals surface area (Å²) in [6.45, 7) is 2.58. The highest BCUT2D eigenvalue weighted by atomic mass is 16.5. The van der Waals surface area contributed by atoms with Gasteiger partial charge in [0.15, 0.2) is 0 Å². The molecule has 2 aliphatic heterocycles. The molecule has 2 aromatic rings. The van der Waals surface area contributed by atoms with Crippen LogP contribution in [0.25, 0.3) is 0 Å². The molecule has 0 saturated carbocycles. The molecule has 1 aromatic heterocycles. The second-order valence-electron chi connectivity index (χ2n) is 7.56. The van der Waals surface area contributed by atoms with Gasteiger partial charge in [-0.15, -0.1) is 0 Å². The minimum absolute atomic E-state index is 0.00200. The molecular formula is C21H27N5O4. The van der Waals surface area contributed by atoms with Gasteiger partial charge >= 0.3 is 6.03 Å². The highest BCUT2D eigenvalue weighted by molar-refractivity contribution is 6.00. The van der Waals surface area contributed by atoms with Crippen LogP contribution in [0.5, 0.6) is 5.75 Å². The maximum atomic E-state index is 12.6. The standard InChI is InChI=1S/C21H27N5O4/c1-29-18-5-3-2-4-17(18)23-21(28)24-19-6-10-22-26(19)16-7-11-25(12-8-16)20(27)15-9-13-30-14-15/h2-6,10,15-16H,7-9,11-14H2,1H3,(H2,23,24,28)/t15-/m1/s1. The van der Waals surface area contributed by atoms with E-state index < -0.39 is 0 Å². The maximum Gasteiger partial charge on any atom is 0.324 e. The third kappa shape index (κ3) is 4.40. The summed E-state index contributed by atoms with van der Waals surface area (Å²) >= 11 is 0. The number of para-hydroxylation sites is 2. The van der Waals surface area contributed by atoms with E-state index in [1.165, 1.54) is 0 Å². The molecule has 0 radical (unpaired) electrons. The molecule has 2 aliphatic rings. The molecule has 1 aromatic carbocycles. The van der Waals surface area contributed by atoms with Crippen molar-refractivity contribution in [2.75, 3.05) is 44.0 Å². The Kier molecular flexibility index (Phi) is 6.18. The van der Waals surface area contributed by atoms with Crippen LogP contribution in [-0.2, 0) is 9.53 Å². The van der Waals surface area contributed by atoms with Gasteiger partial charge in [-0.05, 0) is 31.4 Å². The fourth-order valence-corrected chi connectivity index (χ4v) is 4.04. The molecule has 4 rings (SSSR count). The summed E-state index contributed by atoms with van der Waals surface area (Å²) in [7, 11) is 1.56. The molecule has 0 spiro atoms. The third-order valence-corrected chi connectivity index (χ3v) is 5.67. The number of methoxy groups -OCH3 is 1. The summed E-state index contributed by atoms with van der Waals surface area (Å²) in [5, 5.41) is 10.1. The van der Waals surface area contributed by atoms with Crippen LogP contribution in [0.1, 0.15) is 25.3 Å². The molecule has 3 amide bonds. The Bertz CT molecular complexity index is 885. The van der Waals surface area contributed by atoms with Crippen LogP contribution >= 0.6 is 0 Å². The number of nitrogens with one attached hydrogen (secondary N) is 2. The fraction of sp³-hybridized carbons (Fsp3) is 0.476. The van der Waals surface area contributed by atoms with Gasteiger partial charge < -0.3 is 19.7 Å². The van der Waals surface area contributed by atoms with Crippen LogP contribution < -0.4 is 15.4 Å². The van der Waals surface area contributed by atoms with E-state index in [1.54, 1.807) is 31.5 Å². The Morgan fingerprint density at radius 2 is 1.93 bits per heavy atom. The van der Waals surface area contributed by atoms with Gasteiger partial charge in [-0.1, -0.05) is 12.1 Å². The molecule has 9 nitrogen and oxygen atoms in total. The number of ether oxygens (including phenoxy) is 2. The van der Waals surface area contributed by atoms with E-state index in [0.717, 1.165) is 19.3 Å². The van der Waals surface area contributed by atoms with Gasteiger partial charge in [0.05, 0.1) is 37.6 Å². The molecular weight excluding hydrogens is 386 g/mol. The second-order valence-corrected chi connectivity index (χ2v) is 7.56. The Labute approximate surface area is 175 Å². The van der Waals surface area contributed by atoms with Crippen molar-refractivity contribution < 1.29 is 19.1 Å². The molecule has 2 fully saturated rings. The lowest BCUT2D eigenvalue weighted by Gasteiger charge is -2.34. The van der Waals surface area contributed by atoms with E-state index in [0.29, 0.717) is 43.6 Å². The van der Waals surface area contributed by atoms with E-state index in [4.69, 9.17) is 9.47 Å². The number of amides is 3. The molecule has 160 valence electrons. The first-order valence-electron chi connectivity index (χ1n) is 10.3. The molecule has 2 N–H and O–H groups in total. The molecule has 30 heavy (non-hydrogen) atoms. The summed E-state index contributed by atoms with van der Waals surface area (Å²) in [6.07, 6.45) is 4.08. The number of likely N-dealkylation sites (tertiary alicyclic amines) is 1. The quantitative estimate of drug-likeness (QED) is 0.786. The minimum Gasteiger partial charge on any atom is -0.495 e. The minimum atomic E-state index is -0.366. The monoisotopic (exact) mass is 413 g/mol. The summed E-state index contributed by atoms with van der Waals surface area (Å²) in [6, 6.07) is 8.77. The van der Waals surface area contributed by atoms with Crippen LogP contribution in [0.3, 0.4) is 0 Å². The highest BCUT2D eigenvalue weighted by Gasteiger charge is 2.31. The van der Waals surface area contributed by atoms with E-state index >= 15 is 0 Å². The van der Waals surface area contributed by atoms with E-state index in [1.807, 2.05) is 21.7 Å². The number of piperidine rings is 1. The van der Waals surface area contributed by atoms with E-state index in [-0.39, 0.29) is 23.9 Å². The van der Waals surface area contributed by atoms with Gasteiger partial charge in [0.25, 0.3) is 0 Å². The lowest BCUT2D eigenvalue weighted by molar-refractivity contribution is -0.136. The number of aromatic nitrogens is 2. The van der Waals surface area contributed by atoms with Gasteiger partial charge in [-0.2, -0.15) is 5.10 Å². The zero-order valence-corrected chi connectivity index (χ0v) is 17.0. The average Bonchev–Trinajstić information content (AvgIpc) is 3.46. The average molecular weight is 413 g/mol. The number of benzene rings is 1. The van der Waals surface area contributed by atoms with Crippen molar-refractivity contribution in [1.82, 2.24) is 14.7 Å². The smallest absolute Gasteiger partial charge is 0.324 e.